The Kier molecular flexibility index (Phi) is 7.19. The molecule has 3 aromatic carbocycles. The standard InChI is InChI=1S/C28H32N2O3S/c1-20-15-17-30(18-16-20)34(32,33)24-14-13-22(3)26(19-24)28(31)29-27(23-10-5-4-6-11-23)25-12-8-7-9-21(25)2/h4-14,19-20,27H,15-18H2,1-3H3,(H,29,31)/t27-/m0/s1. The van der Waals surface area contributed by atoms with Crippen molar-refractivity contribution in [3.05, 3.63) is 101 Å². The van der Waals surface area contributed by atoms with Crippen LogP contribution in [0.2, 0.25) is 0 Å². The van der Waals surface area contributed by atoms with Crippen LogP contribution >= 0.6 is 0 Å². The fourth-order valence-electron chi connectivity index (χ4n) is 4.49. The summed E-state index contributed by atoms with van der Waals surface area (Å²) in [7, 11) is -3.64. The van der Waals surface area contributed by atoms with Crippen LogP contribution in [0.5, 0.6) is 0 Å². The van der Waals surface area contributed by atoms with Gasteiger partial charge < -0.3 is 5.32 Å². The van der Waals surface area contributed by atoms with Crippen molar-refractivity contribution in [3.63, 3.8) is 0 Å². The average Bonchev–Trinajstić information content (AvgIpc) is 2.84. The molecule has 1 fully saturated rings. The normalized spacial score (nSPS) is 16.2. The van der Waals surface area contributed by atoms with E-state index in [4.69, 9.17) is 0 Å². The van der Waals surface area contributed by atoms with Crippen molar-refractivity contribution in [2.45, 2.75) is 44.6 Å². The zero-order valence-electron chi connectivity index (χ0n) is 20.0. The lowest BCUT2D eigenvalue weighted by atomic mass is 9.94. The number of aryl methyl sites for hydroxylation is 2. The van der Waals surface area contributed by atoms with E-state index in [1.807, 2.05) is 68.4 Å². The number of hydrogen-bond donors (Lipinski definition) is 1. The SMILES string of the molecule is Cc1ccc(S(=O)(=O)N2CCC(C)CC2)cc1C(=O)N[C@@H](c1ccccc1)c1ccccc1C. The molecule has 0 radical (unpaired) electrons. The molecule has 0 bridgehead atoms. The Morgan fingerprint density at radius 3 is 2.24 bits per heavy atom. The van der Waals surface area contributed by atoms with E-state index in [-0.39, 0.29) is 16.8 Å². The Bertz CT molecular complexity index is 1260. The van der Waals surface area contributed by atoms with Crippen molar-refractivity contribution < 1.29 is 13.2 Å². The zero-order chi connectivity index (χ0) is 24.3. The molecule has 1 heterocycles. The molecule has 3 aromatic rings. The maximum Gasteiger partial charge on any atom is 0.252 e. The van der Waals surface area contributed by atoms with Crippen LogP contribution in [0.1, 0.15) is 58.4 Å². The maximum atomic E-state index is 13.5. The quantitative estimate of drug-likeness (QED) is 0.529. The molecule has 0 unspecified atom stereocenters. The van der Waals surface area contributed by atoms with Crippen LogP contribution in [0.3, 0.4) is 0 Å². The number of nitrogens with one attached hydrogen (secondary N) is 1. The van der Waals surface area contributed by atoms with Gasteiger partial charge in [-0.05, 0) is 67.0 Å². The van der Waals surface area contributed by atoms with Gasteiger partial charge in [-0.15, -0.1) is 0 Å². The number of sulfonamides is 1. The first kappa shape index (κ1) is 24.2. The largest absolute Gasteiger partial charge is 0.341 e. The number of rotatable bonds is 6. The van der Waals surface area contributed by atoms with Crippen molar-refractivity contribution in [2.24, 2.45) is 5.92 Å². The summed E-state index contributed by atoms with van der Waals surface area (Å²) in [5, 5.41) is 3.16. The van der Waals surface area contributed by atoms with Crippen LogP contribution in [-0.4, -0.2) is 31.7 Å². The van der Waals surface area contributed by atoms with Crippen molar-refractivity contribution in [3.8, 4) is 0 Å². The predicted octanol–water partition coefficient (Wildman–Crippen LogP) is 5.24. The van der Waals surface area contributed by atoms with Gasteiger partial charge in [0.15, 0.2) is 0 Å². The predicted molar refractivity (Wildman–Crippen MR) is 135 cm³/mol. The topological polar surface area (TPSA) is 66.5 Å². The molecule has 0 spiro atoms. The minimum absolute atomic E-state index is 0.171. The summed E-state index contributed by atoms with van der Waals surface area (Å²) in [4.78, 5) is 13.7. The van der Waals surface area contributed by atoms with E-state index in [0.29, 0.717) is 24.6 Å². The summed E-state index contributed by atoms with van der Waals surface area (Å²) >= 11 is 0. The van der Waals surface area contributed by atoms with E-state index >= 15 is 0 Å². The summed E-state index contributed by atoms with van der Waals surface area (Å²) in [6.45, 7) is 7.04. The highest BCUT2D eigenvalue weighted by atomic mass is 32.2. The fourth-order valence-corrected chi connectivity index (χ4v) is 5.98. The van der Waals surface area contributed by atoms with E-state index in [9.17, 15) is 13.2 Å². The van der Waals surface area contributed by atoms with Gasteiger partial charge in [-0.3, -0.25) is 4.79 Å². The average molecular weight is 477 g/mol. The van der Waals surface area contributed by atoms with Gasteiger partial charge in [0.2, 0.25) is 10.0 Å². The van der Waals surface area contributed by atoms with Crippen LogP contribution in [0, 0.1) is 19.8 Å². The van der Waals surface area contributed by atoms with E-state index < -0.39 is 10.0 Å². The summed E-state index contributed by atoms with van der Waals surface area (Å²) in [5.41, 5.74) is 4.16. The molecule has 1 N–H and O–H groups in total. The van der Waals surface area contributed by atoms with Gasteiger partial charge in [0.05, 0.1) is 10.9 Å². The Morgan fingerprint density at radius 2 is 1.56 bits per heavy atom. The monoisotopic (exact) mass is 476 g/mol. The van der Waals surface area contributed by atoms with Gasteiger partial charge in [-0.1, -0.05) is 67.6 Å². The molecule has 4 rings (SSSR count). The Balaban J connectivity index is 1.66. The van der Waals surface area contributed by atoms with Gasteiger partial charge in [-0.25, -0.2) is 8.42 Å². The molecule has 0 aliphatic carbocycles. The number of nitrogens with zero attached hydrogens (tertiary/aromatic N) is 1. The van der Waals surface area contributed by atoms with Crippen molar-refractivity contribution in [1.82, 2.24) is 9.62 Å². The highest BCUT2D eigenvalue weighted by molar-refractivity contribution is 7.89. The zero-order valence-corrected chi connectivity index (χ0v) is 20.8. The first-order chi connectivity index (χ1) is 16.3. The molecule has 1 saturated heterocycles. The Hall–Kier alpha value is -2.96. The molecule has 6 heteroatoms. The molecule has 1 aliphatic rings. The summed E-state index contributed by atoms with van der Waals surface area (Å²) in [6.07, 6.45) is 1.71. The van der Waals surface area contributed by atoms with Crippen LogP contribution in [-0.2, 0) is 10.0 Å². The van der Waals surface area contributed by atoms with Gasteiger partial charge >= 0.3 is 0 Å². The van der Waals surface area contributed by atoms with Crippen LogP contribution in [0.4, 0.5) is 0 Å². The molecule has 34 heavy (non-hydrogen) atoms. The minimum Gasteiger partial charge on any atom is -0.341 e. The van der Waals surface area contributed by atoms with Crippen LogP contribution in [0.15, 0.2) is 77.7 Å². The lowest BCUT2D eigenvalue weighted by molar-refractivity contribution is 0.0942. The number of benzene rings is 3. The van der Waals surface area contributed by atoms with E-state index in [0.717, 1.165) is 35.1 Å². The lowest BCUT2D eigenvalue weighted by Crippen LogP contribution is -2.38. The summed E-state index contributed by atoms with van der Waals surface area (Å²) < 4.78 is 28.1. The molecule has 1 amide bonds. The number of piperidine rings is 1. The van der Waals surface area contributed by atoms with Crippen LogP contribution in [0.25, 0.3) is 0 Å². The van der Waals surface area contributed by atoms with Gasteiger partial charge in [0.1, 0.15) is 0 Å². The number of hydrogen-bond acceptors (Lipinski definition) is 3. The smallest absolute Gasteiger partial charge is 0.252 e. The van der Waals surface area contributed by atoms with Gasteiger partial charge in [0.25, 0.3) is 5.91 Å². The molecular formula is C28H32N2O3S. The molecule has 0 aromatic heterocycles. The Morgan fingerprint density at radius 1 is 0.912 bits per heavy atom. The molecule has 1 atom stereocenters. The summed E-state index contributed by atoms with van der Waals surface area (Å²) in [5.74, 6) is 0.237. The second kappa shape index (κ2) is 10.1. The third-order valence-electron chi connectivity index (χ3n) is 6.74. The third-order valence-corrected chi connectivity index (χ3v) is 8.64. The lowest BCUT2D eigenvalue weighted by Gasteiger charge is -2.29. The Labute approximate surface area is 202 Å². The molecule has 5 nitrogen and oxygen atoms in total. The number of carbonyl (C=O) groups excluding carboxylic acids is 1. The second-order valence-electron chi connectivity index (χ2n) is 9.24. The van der Waals surface area contributed by atoms with Crippen molar-refractivity contribution >= 4 is 15.9 Å². The minimum atomic E-state index is -3.64. The number of amides is 1. The molecule has 178 valence electrons. The number of carbonyl (C=O) groups is 1. The second-order valence-corrected chi connectivity index (χ2v) is 11.2. The van der Waals surface area contributed by atoms with E-state index in [1.54, 1.807) is 16.4 Å². The molecular weight excluding hydrogens is 444 g/mol. The fraction of sp³-hybridized carbons (Fsp3) is 0.321. The van der Waals surface area contributed by atoms with Crippen molar-refractivity contribution in [2.75, 3.05) is 13.1 Å². The first-order valence-corrected chi connectivity index (χ1v) is 13.2. The maximum absolute atomic E-state index is 13.5. The molecule has 1 aliphatic heterocycles. The highest BCUT2D eigenvalue weighted by Gasteiger charge is 2.29. The van der Waals surface area contributed by atoms with Gasteiger partial charge in [-0.2, -0.15) is 4.31 Å². The third kappa shape index (κ3) is 5.08. The van der Waals surface area contributed by atoms with Crippen molar-refractivity contribution in [1.29, 1.82) is 0 Å². The van der Waals surface area contributed by atoms with Gasteiger partial charge in [0, 0.05) is 18.7 Å². The highest BCUT2D eigenvalue weighted by Crippen LogP contribution is 2.28. The van der Waals surface area contributed by atoms with E-state index in [1.165, 1.54) is 6.07 Å². The van der Waals surface area contributed by atoms with Crippen LogP contribution < -0.4 is 5.32 Å². The molecule has 0 saturated carbocycles. The summed E-state index contributed by atoms with van der Waals surface area (Å²) in [6, 6.07) is 22.3. The first-order valence-electron chi connectivity index (χ1n) is 11.8. The van der Waals surface area contributed by atoms with E-state index in [2.05, 4.69) is 12.2 Å².